The summed E-state index contributed by atoms with van der Waals surface area (Å²) in [7, 11) is -1.50. The second-order valence-electron chi connectivity index (χ2n) is 2.87. The smallest absolute Gasteiger partial charge is 0.423 e. The second kappa shape index (κ2) is 3.69. The van der Waals surface area contributed by atoms with Crippen molar-refractivity contribution < 1.29 is 10.0 Å². The van der Waals surface area contributed by atoms with E-state index in [1.54, 1.807) is 0 Å². The van der Waals surface area contributed by atoms with Gasteiger partial charge in [0, 0.05) is 19.1 Å². The van der Waals surface area contributed by atoms with E-state index in [0.717, 1.165) is 13.7 Å². The van der Waals surface area contributed by atoms with Crippen molar-refractivity contribution in [2.24, 2.45) is 0 Å². The molecular formula is C8H7BINO2S. The fraction of sp³-hybridized carbons (Fsp3) is 0. The Labute approximate surface area is 98.8 Å². The van der Waals surface area contributed by atoms with Gasteiger partial charge in [-0.05, 0) is 34.7 Å². The lowest BCUT2D eigenvalue weighted by atomic mass is 9.79. The highest BCUT2D eigenvalue weighted by Gasteiger charge is 2.22. The summed E-state index contributed by atoms with van der Waals surface area (Å²) in [5.41, 5.74) is 6.14. The highest BCUT2D eigenvalue weighted by atomic mass is 127. The third kappa shape index (κ3) is 1.52. The molecule has 0 bridgehead atoms. The molecule has 3 nitrogen and oxygen atoms in total. The maximum atomic E-state index is 9.19. The number of rotatable bonds is 1. The summed E-state index contributed by atoms with van der Waals surface area (Å²) in [6, 6.07) is 5.76. The van der Waals surface area contributed by atoms with E-state index >= 15 is 0 Å². The molecule has 0 fully saturated rings. The molecule has 0 atom stereocenters. The zero-order valence-corrected chi connectivity index (χ0v) is 10.0. The minimum absolute atomic E-state index is 0.426. The molecule has 72 valence electrons. The summed E-state index contributed by atoms with van der Waals surface area (Å²) in [5, 5.41) is 19.7. The van der Waals surface area contributed by atoms with Crippen molar-refractivity contribution in [3.05, 3.63) is 21.8 Å². The summed E-state index contributed by atoms with van der Waals surface area (Å²) in [6.07, 6.45) is 0. The quantitative estimate of drug-likeness (QED) is 0.537. The van der Waals surface area contributed by atoms with Crippen molar-refractivity contribution >= 4 is 61.6 Å². The minimum atomic E-state index is -1.50. The fourth-order valence-corrected chi connectivity index (χ4v) is 3.40. The highest BCUT2D eigenvalue weighted by Crippen LogP contribution is 2.28. The number of nitrogens with two attached hydrogens (primary N) is 1. The number of hydrogen-bond acceptors (Lipinski definition) is 4. The van der Waals surface area contributed by atoms with Crippen molar-refractivity contribution in [1.82, 2.24) is 0 Å². The third-order valence-corrected chi connectivity index (χ3v) is 3.89. The lowest BCUT2D eigenvalue weighted by Gasteiger charge is -2.00. The first kappa shape index (κ1) is 10.2. The topological polar surface area (TPSA) is 66.5 Å². The van der Waals surface area contributed by atoms with Gasteiger partial charge in [0.05, 0.1) is 5.00 Å². The van der Waals surface area contributed by atoms with E-state index in [1.165, 1.54) is 11.3 Å². The Bertz CT molecular complexity index is 485. The molecular weight excluding hydrogens is 312 g/mol. The molecule has 0 radical (unpaired) electrons. The molecule has 2 rings (SSSR count). The van der Waals surface area contributed by atoms with Crippen LogP contribution in [0.3, 0.4) is 0 Å². The van der Waals surface area contributed by atoms with Gasteiger partial charge in [0.25, 0.3) is 0 Å². The lowest BCUT2D eigenvalue weighted by molar-refractivity contribution is 0.426. The molecule has 1 aromatic heterocycles. The van der Waals surface area contributed by atoms with Crippen LogP contribution in [0.15, 0.2) is 18.2 Å². The van der Waals surface area contributed by atoms with Crippen molar-refractivity contribution in [3.63, 3.8) is 0 Å². The van der Waals surface area contributed by atoms with Crippen LogP contribution in [0.25, 0.3) is 10.1 Å². The minimum Gasteiger partial charge on any atom is -0.423 e. The van der Waals surface area contributed by atoms with Crippen LogP contribution in [0, 0.1) is 3.57 Å². The molecule has 4 N–H and O–H groups in total. The molecule has 0 aliphatic heterocycles. The number of thiophene rings is 1. The van der Waals surface area contributed by atoms with Gasteiger partial charge in [0.15, 0.2) is 0 Å². The molecule has 0 saturated carbocycles. The molecule has 6 heteroatoms. The molecule has 0 aliphatic carbocycles. The molecule has 0 unspecified atom stereocenters. The standard InChI is InChI=1S/C8H7BINO2S/c10-4-2-1-3-5-6(4)7(9(12)13)8(11)14-5/h1-3,12-13H,11H2. The van der Waals surface area contributed by atoms with Gasteiger partial charge in [-0.2, -0.15) is 0 Å². The van der Waals surface area contributed by atoms with E-state index in [2.05, 4.69) is 22.6 Å². The number of anilines is 1. The van der Waals surface area contributed by atoms with Crippen LogP contribution < -0.4 is 11.2 Å². The predicted octanol–water partition coefficient (Wildman–Crippen LogP) is 0.768. The first-order valence-electron chi connectivity index (χ1n) is 3.93. The van der Waals surface area contributed by atoms with Crippen LogP contribution in [0.4, 0.5) is 5.00 Å². The Kier molecular flexibility index (Phi) is 2.69. The molecule has 14 heavy (non-hydrogen) atoms. The summed E-state index contributed by atoms with van der Waals surface area (Å²) < 4.78 is 1.97. The number of fused-ring (bicyclic) bond motifs is 1. The fourth-order valence-electron chi connectivity index (χ4n) is 1.40. The Morgan fingerprint density at radius 1 is 1.36 bits per heavy atom. The zero-order valence-electron chi connectivity index (χ0n) is 7.07. The van der Waals surface area contributed by atoms with Crippen LogP contribution in [0.5, 0.6) is 0 Å². The Morgan fingerprint density at radius 3 is 2.71 bits per heavy atom. The van der Waals surface area contributed by atoms with Crippen LogP contribution in [0.1, 0.15) is 0 Å². The van der Waals surface area contributed by atoms with Crippen LogP contribution in [-0.4, -0.2) is 17.2 Å². The van der Waals surface area contributed by atoms with Gasteiger partial charge >= 0.3 is 7.12 Å². The van der Waals surface area contributed by atoms with Gasteiger partial charge in [-0.15, -0.1) is 11.3 Å². The van der Waals surface area contributed by atoms with E-state index in [1.807, 2.05) is 18.2 Å². The number of nitrogen functional groups attached to an aromatic ring is 1. The van der Waals surface area contributed by atoms with Gasteiger partial charge in [-0.1, -0.05) is 6.07 Å². The monoisotopic (exact) mass is 319 g/mol. The first-order valence-corrected chi connectivity index (χ1v) is 5.83. The van der Waals surface area contributed by atoms with Gasteiger partial charge < -0.3 is 15.8 Å². The Morgan fingerprint density at radius 2 is 2.07 bits per heavy atom. The lowest BCUT2D eigenvalue weighted by Crippen LogP contribution is -2.31. The molecule has 2 aromatic rings. The third-order valence-electron chi connectivity index (χ3n) is 1.99. The van der Waals surface area contributed by atoms with Gasteiger partial charge in [-0.25, -0.2) is 0 Å². The zero-order chi connectivity index (χ0) is 10.3. The summed E-state index contributed by atoms with van der Waals surface area (Å²) in [6.45, 7) is 0. The SMILES string of the molecule is Nc1sc2cccc(I)c2c1B(O)O. The number of halogens is 1. The van der Waals surface area contributed by atoms with E-state index in [4.69, 9.17) is 5.73 Å². The van der Waals surface area contributed by atoms with E-state index in [-0.39, 0.29) is 0 Å². The van der Waals surface area contributed by atoms with Crippen LogP contribution in [0.2, 0.25) is 0 Å². The molecule has 0 amide bonds. The molecule has 0 spiro atoms. The van der Waals surface area contributed by atoms with Gasteiger partial charge in [0.1, 0.15) is 0 Å². The van der Waals surface area contributed by atoms with Crippen molar-refractivity contribution in [1.29, 1.82) is 0 Å². The van der Waals surface area contributed by atoms with Crippen LogP contribution >= 0.6 is 33.9 Å². The largest absolute Gasteiger partial charge is 0.492 e. The first-order chi connectivity index (χ1) is 6.61. The van der Waals surface area contributed by atoms with Crippen molar-refractivity contribution in [3.8, 4) is 0 Å². The number of benzene rings is 1. The maximum Gasteiger partial charge on any atom is 0.492 e. The summed E-state index contributed by atoms with van der Waals surface area (Å²) >= 11 is 3.53. The Balaban J connectivity index is 2.86. The van der Waals surface area contributed by atoms with Crippen LogP contribution in [-0.2, 0) is 0 Å². The average molecular weight is 319 g/mol. The Hall–Kier alpha value is -0.305. The number of hydrogen-bond donors (Lipinski definition) is 3. The van der Waals surface area contributed by atoms with Gasteiger partial charge in [-0.3, -0.25) is 0 Å². The van der Waals surface area contributed by atoms with Crippen molar-refractivity contribution in [2.75, 3.05) is 5.73 Å². The van der Waals surface area contributed by atoms with Gasteiger partial charge in [0.2, 0.25) is 0 Å². The summed E-state index contributed by atoms with van der Waals surface area (Å²) in [4.78, 5) is 0. The second-order valence-corrected chi connectivity index (χ2v) is 5.11. The predicted molar refractivity (Wildman–Crippen MR) is 68.8 cm³/mol. The molecule has 1 heterocycles. The maximum absolute atomic E-state index is 9.19. The van der Waals surface area contributed by atoms with Crippen molar-refractivity contribution in [2.45, 2.75) is 0 Å². The van der Waals surface area contributed by atoms with E-state index < -0.39 is 7.12 Å². The average Bonchev–Trinajstić information content (AvgIpc) is 2.42. The molecule has 1 aromatic carbocycles. The highest BCUT2D eigenvalue weighted by molar-refractivity contribution is 14.1. The normalized spacial score (nSPS) is 10.8. The molecule has 0 saturated heterocycles. The van der Waals surface area contributed by atoms with E-state index in [9.17, 15) is 10.0 Å². The van der Waals surface area contributed by atoms with E-state index in [0.29, 0.717) is 10.5 Å². The summed E-state index contributed by atoms with van der Waals surface area (Å²) in [5.74, 6) is 0. The molecule has 0 aliphatic rings.